The molecule has 0 aromatic carbocycles. The molecular weight excluding hydrogens is 1370 g/mol. The van der Waals surface area contributed by atoms with Crippen LogP contribution in [0.15, 0.2) is 11.3 Å². The molecule has 10 unspecified atom stereocenters. The van der Waals surface area contributed by atoms with E-state index >= 15 is 0 Å². The smallest absolute Gasteiger partial charge is 0.311 e. The van der Waals surface area contributed by atoms with E-state index in [1.807, 2.05) is 72.6 Å². The lowest BCUT2D eigenvalue weighted by molar-refractivity contribution is -0.318. The highest BCUT2D eigenvalue weighted by Gasteiger charge is 2.59. The highest BCUT2D eigenvalue weighted by Crippen LogP contribution is 2.49. The van der Waals surface area contributed by atoms with Crippen LogP contribution in [0.3, 0.4) is 0 Å². The number of carbonyl (C=O) groups is 4. The normalized spacial score (nSPS) is 48.0. The summed E-state index contributed by atoms with van der Waals surface area (Å²) in [5.41, 5.74) is -7.84. The van der Waals surface area contributed by atoms with Crippen molar-refractivity contribution in [1.82, 2.24) is 9.80 Å². The van der Waals surface area contributed by atoms with Gasteiger partial charge in [-0.05, 0) is 156 Å². The average molecular weight is 1510 g/mol. The Morgan fingerprint density at radius 1 is 0.533 bits per heavy atom. The maximum Gasteiger partial charge on any atom is 0.311 e. The summed E-state index contributed by atoms with van der Waals surface area (Å²) in [6.45, 7) is 35.4. The highest BCUT2D eigenvalue weighted by molar-refractivity contribution is 5.83. The van der Waals surface area contributed by atoms with E-state index in [9.17, 15) is 60.3 Å². The van der Waals surface area contributed by atoms with Crippen molar-refractivity contribution in [3.8, 4) is 0 Å². The van der Waals surface area contributed by atoms with Crippen molar-refractivity contribution in [2.24, 2.45) is 41.4 Å². The fourth-order valence-electron chi connectivity index (χ4n) is 17.1. The topological polar surface area (TPSA) is 397 Å². The summed E-state index contributed by atoms with van der Waals surface area (Å²) in [6.07, 6.45) is -17.1. The number of hydrogen-bond acceptors (Lipinski definition) is 28. The van der Waals surface area contributed by atoms with Crippen molar-refractivity contribution in [3.05, 3.63) is 11.3 Å². The number of likely N-dealkylation sites (N-methyl/N-ethyl adjacent to an activating group) is 2. The van der Waals surface area contributed by atoms with E-state index in [1.165, 1.54) is 41.9 Å². The number of aliphatic hydroxyl groups is 9. The van der Waals surface area contributed by atoms with Crippen LogP contribution in [0.5, 0.6) is 0 Å². The Balaban J connectivity index is 0.000000359. The maximum atomic E-state index is 14.1. The molecule has 2 bridgehead atoms. The number of cyclic esters (lactones) is 2. The van der Waals surface area contributed by atoms with E-state index in [-0.39, 0.29) is 56.4 Å². The number of fused-ring (bicyclic) bond motifs is 2. The number of Topliss-reactive ketones (excluding diaryl/α,β-unsaturated/α-hetero) is 1. The van der Waals surface area contributed by atoms with Gasteiger partial charge in [0.15, 0.2) is 25.2 Å². The van der Waals surface area contributed by atoms with Gasteiger partial charge in [-0.25, -0.2) is 0 Å². The van der Waals surface area contributed by atoms with Crippen LogP contribution in [0.4, 0.5) is 0 Å². The molecule has 29 nitrogen and oxygen atoms in total. The number of aliphatic hydroxyl groups excluding tert-OH is 6. The minimum atomic E-state index is -1.99. The number of ketones is 1. The molecule has 0 amide bonds. The number of methoxy groups -OCH3 is 2. The molecule has 6 saturated heterocycles. The molecule has 105 heavy (non-hydrogen) atoms. The van der Waals surface area contributed by atoms with Crippen molar-refractivity contribution in [2.75, 3.05) is 42.4 Å². The lowest BCUT2D eigenvalue weighted by Crippen LogP contribution is -2.61. The summed E-state index contributed by atoms with van der Waals surface area (Å²) >= 11 is 0. The van der Waals surface area contributed by atoms with Gasteiger partial charge in [0.25, 0.3) is 5.97 Å². The summed E-state index contributed by atoms with van der Waals surface area (Å²) in [4.78, 5) is 54.8. The van der Waals surface area contributed by atoms with Gasteiger partial charge >= 0.3 is 11.9 Å². The number of carboxylic acids is 1. The second-order valence-corrected chi connectivity index (χ2v) is 33.3. The molecular formula is C76H136N2O27. The van der Waals surface area contributed by atoms with Gasteiger partial charge in [0.2, 0.25) is 0 Å². The molecule has 10 N–H and O–H groups in total. The SMILES string of the molecule is CC(=O)O.CC[C@H]1OC(=O)[C@H](C)[C@@H](O[C@H]2CC(C)(OC)[C@@H](O)C(C)O2)[C@H](C)[C@@H](O[C@@H]2OC(C)CC(N(C)C)C2O)[C@@](C)(O)C[C@@H](C)C(=O)[C@H](C)[C@@H](O)[C@]1(C)O.CC[C@H]1OC(=O)[C@H](C)[C@@H](O[C@H]2CC(C)(OC)[C@@H](O)C(C)O2)[C@H](C)[C@@H](O[C@@H]2OC(C)CC(N(C)C)C2O)[C@@]2(C)CC(C)=C(O2)[C@H](C)[C@@H](O)[C@]1(C)O. The molecule has 0 radical (unpaired) electrons. The average Bonchev–Trinajstić information content (AvgIpc) is 1.76. The summed E-state index contributed by atoms with van der Waals surface area (Å²) in [5.74, 6) is -8.12. The quantitative estimate of drug-likeness (QED) is 0.105. The molecule has 29 heteroatoms. The number of aliphatic carboxylic acids is 1. The van der Waals surface area contributed by atoms with Crippen LogP contribution in [0, 0.1) is 41.4 Å². The van der Waals surface area contributed by atoms with Crippen molar-refractivity contribution in [3.63, 3.8) is 0 Å². The summed E-state index contributed by atoms with van der Waals surface area (Å²) < 4.78 is 81.7. The van der Waals surface area contributed by atoms with Crippen molar-refractivity contribution >= 4 is 23.7 Å². The molecule has 0 aliphatic carbocycles. The van der Waals surface area contributed by atoms with Gasteiger partial charge in [-0.2, -0.15) is 0 Å². The zero-order chi connectivity index (χ0) is 80.2. The van der Waals surface area contributed by atoms with E-state index in [0.29, 0.717) is 25.0 Å². The van der Waals surface area contributed by atoms with E-state index in [2.05, 4.69) is 0 Å². The molecule has 7 rings (SSSR count). The van der Waals surface area contributed by atoms with E-state index in [1.54, 1.807) is 76.2 Å². The molecule has 0 saturated carbocycles. The Labute approximate surface area is 623 Å². The second kappa shape index (κ2) is 37.0. The van der Waals surface area contributed by atoms with Crippen LogP contribution < -0.4 is 0 Å². The second-order valence-electron chi connectivity index (χ2n) is 33.3. The maximum absolute atomic E-state index is 14.1. The third-order valence-electron chi connectivity index (χ3n) is 23.8. The van der Waals surface area contributed by atoms with Crippen molar-refractivity contribution in [1.29, 1.82) is 0 Å². The number of ether oxygens (including phenoxy) is 13. The Morgan fingerprint density at radius 3 is 1.26 bits per heavy atom. The first-order valence-electron chi connectivity index (χ1n) is 37.7. The number of nitrogens with zero attached hydrogens (tertiary/aromatic N) is 2. The standard InChI is InChI=1S/C37H67NO13.C37H65NO12.C2H4O2/c1-14-25-37(10,45)30(41)20(4)27(39)18(2)16-35(8,44)32(51-34-28(40)24(38(11)12)15-19(3)47-34)21(5)29(22(6)33(43)49-25)50-26-17-36(9,46-13)31(42)23(7)48-26;1-14-25-37(10,43)30(40)20(4)28-18(2)16-36(9,50-28)32(49-34-27(39)24(38(11)12)15-19(3)45-34)21(5)29(22(6)33(42)47-25)48-26-17-35(8,44-13)31(41)23(7)46-26;1-2(3)4/h18-26,28-32,34,40-42,44-45H,14-17H2,1-13H3;19-27,29-32,34,39-41,43H,14-17H2,1-13H3;1H3,(H,3,4)/t18-,19?,20+,21+,22-,23?,24?,25-,26+,28?,29+,30-,31+,32-,34+,35+,36?,37-;19?,20-,21-,22+,23?,24?,25+,26-,27?,29-,30+,31-,32+,34-,35?,36+,37+;/m10./s1. The molecule has 7 aliphatic heterocycles. The van der Waals surface area contributed by atoms with Crippen LogP contribution in [0.25, 0.3) is 0 Å². The number of esters is 2. The number of rotatable bonds is 14. The predicted molar refractivity (Wildman–Crippen MR) is 383 cm³/mol. The monoisotopic (exact) mass is 1510 g/mol. The molecule has 0 aromatic heterocycles. The van der Waals surface area contributed by atoms with Gasteiger partial charge in [0.1, 0.15) is 71.1 Å². The first kappa shape index (κ1) is 92.4. The Bertz CT molecular complexity index is 2840. The highest BCUT2D eigenvalue weighted by atomic mass is 16.7. The Morgan fingerprint density at radius 2 is 0.895 bits per heavy atom. The number of carbonyl (C=O) groups excluding carboxylic acids is 3. The molecule has 0 aromatic rings. The fourth-order valence-corrected chi connectivity index (χ4v) is 17.1. The third-order valence-corrected chi connectivity index (χ3v) is 23.8. The molecule has 7 aliphatic rings. The first-order chi connectivity index (χ1) is 48.3. The van der Waals surface area contributed by atoms with Crippen molar-refractivity contribution in [2.45, 2.75) is 365 Å². The zero-order valence-electron chi connectivity index (χ0n) is 67.7. The molecule has 6 fully saturated rings. The van der Waals surface area contributed by atoms with Crippen LogP contribution in [-0.2, 0) is 80.8 Å². The molecule has 35 atom stereocenters. The van der Waals surface area contributed by atoms with E-state index < -0.39 is 209 Å². The summed E-state index contributed by atoms with van der Waals surface area (Å²) in [6, 6.07) is -0.559. The van der Waals surface area contributed by atoms with Gasteiger partial charge in [-0.15, -0.1) is 0 Å². The predicted octanol–water partition coefficient (Wildman–Crippen LogP) is 4.77. The van der Waals surface area contributed by atoms with Gasteiger partial charge < -0.3 is 122 Å². The van der Waals surface area contributed by atoms with Crippen LogP contribution in [0.2, 0.25) is 0 Å². The zero-order valence-corrected chi connectivity index (χ0v) is 67.7. The first-order valence-corrected chi connectivity index (χ1v) is 37.7. The minimum absolute atomic E-state index is 0.0936. The van der Waals surface area contributed by atoms with Crippen LogP contribution in [-0.4, -0.2) is 295 Å². The van der Waals surface area contributed by atoms with E-state index in [0.717, 1.165) is 12.5 Å². The van der Waals surface area contributed by atoms with E-state index in [4.69, 9.17) is 71.5 Å². The Kier molecular flexibility index (Phi) is 32.5. The molecule has 0 spiro atoms. The minimum Gasteiger partial charge on any atom is -0.489 e. The van der Waals surface area contributed by atoms with Crippen molar-refractivity contribution < 1.29 is 132 Å². The summed E-state index contributed by atoms with van der Waals surface area (Å²) in [5, 5.41) is 111. The number of hydrogen-bond donors (Lipinski definition) is 10. The lowest BCUT2D eigenvalue weighted by atomic mass is 9.74. The van der Waals surface area contributed by atoms with Gasteiger partial charge in [-0.1, -0.05) is 48.5 Å². The lowest BCUT2D eigenvalue weighted by Gasteiger charge is -2.49. The van der Waals surface area contributed by atoms with Gasteiger partial charge in [0.05, 0.1) is 83.6 Å². The number of carboxylic acid groups (broad SMARTS) is 1. The fraction of sp³-hybridized carbons (Fsp3) is 0.921. The van der Waals surface area contributed by atoms with Crippen LogP contribution >= 0.6 is 0 Å². The van der Waals surface area contributed by atoms with Gasteiger partial charge in [-0.3, -0.25) is 19.2 Å². The third kappa shape index (κ3) is 21.1. The molecule has 612 valence electrons. The largest absolute Gasteiger partial charge is 0.489 e. The summed E-state index contributed by atoms with van der Waals surface area (Å²) in [7, 11) is 10.5. The Hall–Kier alpha value is -3.22. The van der Waals surface area contributed by atoms with Gasteiger partial charge in [0, 0.05) is 82.1 Å². The van der Waals surface area contributed by atoms with Crippen LogP contribution in [0.1, 0.15) is 197 Å². The molecule has 7 heterocycles.